The second kappa shape index (κ2) is 9.88. The molecule has 1 heterocycles. The second-order valence-corrected chi connectivity index (χ2v) is 11.8. The largest absolute Gasteiger partial charge is 0.507 e. The van der Waals surface area contributed by atoms with Gasteiger partial charge in [0.15, 0.2) is 34.7 Å². The second-order valence-electron chi connectivity index (χ2n) is 11.8. The summed E-state index contributed by atoms with van der Waals surface area (Å²) < 4.78 is 0. The summed E-state index contributed by atoms with van der Waals surface area (Å²) in [5, 5.41) is 25.9. The van der Waals surface area contributed by atoms with E-state index in [1.165, 1.54) is 11.0 Å². The molecule has 5 rings (SSSR count). The number of fused-ring (bicyclic) bond motifs is 3. The normalized spacial score (nSPS) is 33.6. The number of phenols is 1. The number of ketones is 4. The van der Waals surface area contributed by atoms with Crippen LogP contribution in [-0.2, 0) is 32.1 Å². The van der Waals surface area contributed by atoms with E-state index < -0.39 is 64.4 Å². The van der Waals surface area contributed by atoms with Gasteiger partial charge >= 0.3 is 0 Å². The highest BCUT2D eigenvalue weighted by Gasteiger charge is 2.69. The van der Waals surface area contributed by atoms with Crippen LogP contribution in [0.1, 0.15) is 40.7 Å². The highest BCUT2D eigenvalue weighted by Crippen LogP contribution is 2.51. The monoisotopic (exact) mass is 540 g/mol. The number of benzene rings is 1. The van der Waals surface area contributed by atoms with E-state index in [9.17, 15) is 34.2 Å². The minimum Gasteiger partial charge on any atom is -0.507 e. The van der Waals surface area contributed by atoms with E-state index >= 15 is 0 Å². The first kappa shape index (κ1) is 27.6. The molecule has 2 unspecified atom stereocenters. The Morgan fingerprint density at radius 1 is 1.15 bits per heavy atom. The van der Waals surface area contributed by atoms with Crippen LogP contribution in [0.2, 0.25) is 0 Å². The summed E-state index contributed by atoms with van der Waals surface area (Å²) in [6, 6.07) is 2.42. The number of carbonyl (C=O) groups excluding carboxylic acids is 5. The molecule has 39 heavy (non-hydrogen) atoms. The predicted octanol–water partition coefficient (Wildman–Crippen LogP) is -0.949. The van der Waals surface area contributed by atoms with Crippen LogP contribution < -0.4 is 11.1 Å². The van der Waals surface area contributed by atoms with Gasteiger partial charge in [0.25, 0.3) is 0 Å². The smallest absolute Gasteiger partial charge is 0.235 e. The lowest BCUT2D eigenvalue weighted by molar-refractivity contribution is -0.181. The molecule has 2 saturated carbocycles. The summed E-state index contributed by atoms with van der Waals surface area (Å²) in [6.07, 6.45) is 2.30. The highest BCUT2D eigenvalue weighted by atomic mass is 16.3. The first-order chi connectivity index (χ1) is 18.4. The van der Waals surface area contributed by atoms with Gasteiger partial charge in [-0.25, -0.2) is 0 Å². The first-order valence-electron chi connectivity index (χ1n) is 13.5. The molecule has 11 nitrogen and oxygen atoms in total. The molecule has 1 saturated heterocycles. The third-order valence-corrected chi connectivity index (χ3v) is 9.34. The summed E-state index contributed by atoms with van der Waals surface area (Å²) in [4.78, 5) is 70.0. The molecule has 1 amide bonds. The number of amides is 1. The van der Waals surface area contributed by atoms with Crippen LogP contribution >= 0.6 is 0 Å². The minimum atomic E-state index is -2.71. The number of nitrogens with zero attached hydrogens (tertiary/aromatic N) is 2. The molecule has 1 aromatic rings. The zero-order valence-electron chi connectivity index (χ0n) is 22.5. The van der Waals surface area contributed by atoms with E-state index in [0.29, 0.717) is 18.2 Å². The van der Waals surface area contributed by atoms with Gasteiger partial charge in [-0.05, 0) is 83.0 Å². The van der Waals surface area contributed by atoms with E-state index in [0.717, 1.165) is 31.5 Å². The van der Waals surface area contributed by atoms with E-state index in [4.69, 9.17) is 5.73 Å². The Hall–Kier alpha value is -2.99. The van der Waals surface area contributed by atoms with Gasteiger partial charge < -0.3 is 26.2 Å². The molecule has 0 spiro atoms. The number of piperidine rings is 1. The van der Waals surface area contributed by atoms with E-state index in [1.54, 1.807) is 20.2 Å². The van der Waals surface area contributed by atoms with Gasteiger partial charge in [-0.2, -0.15) is 0 Å². The van der Waals surface area contributed by atoms with Gasteiger partial charge in [0.1, 0.15) is 5.75 Å². The van der Waals surface area contributed by atoms with Crippen molar-refractivity contribution >= 4 is 29.0 Å². The van der Waals surface area contributed by atoms with E-state index in [1.807, 2.05) is 0 Å². The number of primary amides is 1. The summed E-state index contributed by atoms with van der Waals surface area (Å²) in [6.45, 7) is 2.46. The maximum absolute atomic E-state index is 13.9. The maximum atomic E-state index is 13.9. The fourth-order valence-electron chi connectivity index (χ4n) is 7.30. The molecule has 5 N–H and O–H groups in total. The molecule has 0 bridgehead atoms. The van der Waals surface area contributed by atoms with E-state index in [-0.39, 0.29) is 24.2 Å². The number of hydrogen-bond acceptors (Lipinski definition) is 10. The number of nitrogens with two attached hydrogens (primary N) is 1. The summed E-state index contributed by atoms with van der Waals surface area (Å²) in [7, 11) is 5.22. The van der Waals surface area contributed by atoms with Crippen LogP contribution in [0.4, 0.5) is 0 Å². The zero-order valence-corrected chi connectivity index (χ0v) is 22.5. The summed E-state index contributed by atoms with van der Waals surface area (Å²) in [5.41, 5.74) is 4.16. The Morgan fingerprint density at radius 3 is 2.44 bits per heavy atom. The van der Waals surface area contributed by atoms with Crippen LogP contribution in [0.15, 0.2) is 12.1 Å². The van der Waals surface area contributed by atoms with Gasteiger partial charge in [-0.15, -0.1) is 0 Å². The molecule has 1 aliphatic heterocycles. The predicted molar refractivity (Wildman–Crippen MR) is 139 cm³/mol. The van der Waals surface area contributed by atoms with Crippen molar-refractivity contribution in [3.8, 4) is 5.75 Å². The summed E-state index contributed by atoms with van der Waals surface area (Å²) >= 11 is 0. The first-order valence-corrected chi connectivity index (χ1v) is 13.5. The lowest BCUT2D eigenvalue weighted by Gasteiger charge is -2.52. The Kier molecular flexibility index (Phi) is 6.99. The molecule has 0 aromatic heterocycles. The lowest BCUT2D eigenvalue weighted by atomic mass is 9.52. The molecule has 1 aromatic carbocycles. The third-order valence-electron chi connectivity index (χ3n) is 9.34. The van der Waals surface area contributed by atoms with Crippen LogP contribution in [0, 0.1) is 23.7 Å². The van der Waals surface area contributed by atoms with Crippen molar-refractivity contribution in [2.45, 2.75) is 49.9 Å². The number of aliphatic hydroxyl groups is 1. The van der Waals surface area contributed by atoms with Crippen molar-refractivity contribution in [3.63, 3.8) is 0 Å². The number of rotatable bonds is 5. The number of phenolic OH excluding ortho intramolecular Hbond substituents is 1. The number of carbonyl (C=O) groups is 5. The van der Waals surface area contributed by atoms with Crippen molar-refractivity contribution < 1.29 is 34.2 Å². The number of hydrogen-bond donors (Lipinski definition) is 4. The number of aromatic hydroxyl groups is 1. The van der Waals surface area contributed by atoms with Gasteiger partial charge in [-0.3, -0.25) is 28.9 Å². The van der Waals surface area contributed by atoms with Crippen LogP contribution in [0.3, 0.4) is 0 Å². The van der Waals surface area contributed by atoms with Crippen LogP contribution in [0.5, 0.6) is 5.75 Å². The quantitative estimate of drug-likeness (QED) is 0.342. The number of likely N-dealkylation sites (tertiary alicyclic amines) is 1. The third kappa shape index (κ3) is 4.23. The van der Waals surface area contributed by atoms with Crippen molar-refractivity contribution in [3.05, 3.63) is 28.8 Å². The van der Waals surface area contributed by atoms with Crippen LogP contribution in [0.25, 0.3) is 0 Å². The Bertz CT molecular complexity index is 1250. The zero-order chi connectivity index (χ0) is 28.4. The molecule has 3 fully saturated rings. The SMILES string of the molecule is CN1CCC(NCc2ccc(O)c3c2C[C@@H]2C[C@@H]4[C@@H](N(C)C)C(=O)C(C(N)=O)C(=O)[C@@]4(O)C(=O)C2C3=O)CC1. The number of nitrogens with one attached hydrogen (secondary N) is 1. The Labute approximate surface area is 226 Å². The van der Waals surface area contributed by atoms with Gasteiger partial charge in [0.2, 0.25) is 5.91 Å². The molecule has 210 valence electrons. The van der Waals surface area contributed by atoms with Crippen LogP contribution in [-0.4, -0.2) is 101 Å². The van der Waals surface area contributed by atoms with Crippen molar-refractivity contribution in [2.24, 2.45) is 29.4 Å². The molecular formula is C28H36N4O7. The average molecular weight is 541 g/mol. The van der Waals surface area contributed by atoms with Gasteiger partial charge in [0, 0.05) is 18.5 Å². The number of Topliss-reactive ketones (excluding diaryl/α,β-unsaturated/α-hetero) is 4. The fourth-order valence-corrected chi connectivity index (χ4v) is 7.30. The van der Waals surface area contributed by atoms with Gasteiger partial charge in [-0.1, -0.05) is 6.07 Å². The fraction of sp³-hybridized carbons (Fsp3) is 0.607. The topological polar surface area (TPSA) is 170 Å². The molecule has 3 aliphatic carbocycles. The lowest BCUT2D eigenvalue weighted by Crippen LogP contribution is -2.74. The Balaban J connectivity index is 1.51. The maximum Gasteiger partial charge on any atom is 0.235 e. The van der Waals surface area contributed by atoms with Crippen molar-refractivity contribution in [1.82, 2.24) is 15.1 Å². The number of likely N-dealkylation sites (N-methyl/N-ethyl adjacent to an activating group) is 1. The Morgan fingerprint density at radius 2 is 1.82 bits per heavy atom. The molecule has 6 atom stereocenters. The molecule has 4 aliphatic rings. The van der Waals surface area contributed by atoms with E-state index in [2.05, 4.69) is 17.3 Å². The highest BCUT2D eigenvalue weighted by molar-refractivity contribution is 6.32. The average Bonchev–Trinajstić information content (AvgIpc) is 2.86. The standard InChI is InChI=1S/C28H36N4O7/c1-31(2)22-17-11-14-10-16-13(12-30-15-6-8-32(3)9-7-15)4-5-18(33)20(16)23(34)19(14)25(36)28(17,39)26(37)21(24(22)35)27(29)38/h4-5,14-15,17,19,21-22,30,33,39H,6-12H2,1-3H3,(H2,29,38)/t14-,17-,19?,21?,22-,28+/m1/s1. The molecular weight excluding hydrogens is 504 g/mol. The molecule has 11 heteroatoms. The van der Waals surface area contributed by atoms with Gasteiger partial charge in [0.05, 0.1) is 17.5 Å². The minimum absolute atomic E-state index is 0.0317. The van der Waals surface area contributed by atoms with Crippen molar-refractivity contribution in [1.29, 1.82) is 0 Å². The molecule has 0 radical (unpaired) electrons. The van der Waals surface area contributed by atoms with Crippen molar-refractivity contribution in [2.75, 3.05) is 34.2 Å². The summed E-state index contributed by atoms with van der Waals surface area (Å²) in [5.74, 6) is -10.3.